The number of carbonyl (C=O) groups excluding carboxylic acids is 2. The summed E-state index contributed by atoms with van der Waals surface area (Å²) in [6.07, 6.45) is 0.718. The second-order valence-electron chi connectivity index (χ2n) is 4.96. The summed E-state index contributed by atoms with van der Waals surface area (Å²) in [7, 11) is 0. The molecule has 8 heteroatoms. The predicted octanol–water partition coefficient (Wildman–Crippen LogP) is 1.75. The van der Waals surface area contributed by atoms with Gasteiger partial charge in [0.05, 0.1) is 10.6 Å². The van der Waals surface area contributed by atoms with E-state index in [1.807, 2.05) is 0 Å². The zero-order chi connectivity index (χ0) is 15.3. The van der Waals surface area contributed by atoms with Crippen LogP contribution in [0.5, 0.6) is 0 Å². The number of alkyl carbamates (subject to hydrolysis) is 1. The van der Waals surface area contributed by atoms with Gasteiger partial charge in [-0.3, -0.25) is 15.1 Å². The van der Waals surface area contributed by atoms with Crippen molar-refractivity contribution in [3.05, 3.63) is 34.1 Å². The first-order chi connectivity index (χ1) is 9.23. The quantitative estimate of drug-likeness (QED) is 0.511. The molecular weight excluding hydrogens is 266 g/mol. The van der Waals surface area contributed by atoms with Crippen molar-refractivity contribution in [2.75, 3.05) is 0 Å². The summed E-state index contributed by atoms with van der Waals surface area (Å²) in [6.45, 7) is 5.06. The summed E-state index contributed by atoms with van der Waals surface area (Å²) >= 11 is 0. The second kappa shape index (κ2) is 6.09. The molecule has 8 nitrogen and oxygen atoms in total. The van der Waals surface area contributed by atoms with Crippen LogP contribution in [-0.4, -0.2) is 27.9 Å². The second-order valence-corrected chi connectivity index (χ2v) is 4.96. The Morgan fingerprint density at radius 1 is 1.50 bits per heavy atom. The van der Waals surface area contributed by atoms with Crippen LogP contribution in [0.4, 0.5) is 10.5 Å². The predicted molar refractivity (Wildman–Crippen MR) is 69.1 cm³/mol. The lowest BCUT2D eigenvalue weighted by Crippen LogP contribution is -2.35. The minimum atomic E-state index is -1.02. The largest absolute Gasteiger partial charge is 0.444 e. The van der Waals surface area contributed by atoms with Crippen LogP contribution in [0.1, 0.15) is 32.5 Å². The number of nitrogens with zero attached hydrogens (tertiary/aromatic N) is 2. The summed E-state index contributed by atoms with van der Waals surface area (Å²) < 4.78 is 5.01. The number of amides is 1. The lowest BCUT2D eigenvalue weighted by molar-refractivity contribution is -0.385. The molecule has 0 saturated heterocycles. The minimum Gasteiger partial charge on any atom is -0.444 e. The average molecular weight is 281 g/mol. The van der Waals surface area contributed by atoms with Crippen LogP contribution in [0.25, 0.3) is 0 Å². The summed E-state index contributed by atoms with van der Waals surface area (Å²) in [5.74, 6) is 0. The molecule has 0 aromatic carbocycles. The van der Waals surface area contributed by atoms with E-state index in [2.05, 4.69) is 10.3 Å². The molecule has 0 fully saturated rings. The van der Waals surface area contributed by atoms with Crippen LogP contribution in [0.3, 0.4) is 0 Å². The van der Waals surface area contributed by atoms with E-state index in [4.69, 9.17) is 4.74 Å². The van der Waals surface area contributed by atoms with Crippen LogP contribution < -0.4 is 5.32 Å². The van der Waals surface area contributed by atoms with Gasteiger partial charge in [0.15, 0.2) is 0 Å². The molecule has 0 saturated carbocycles. The van der Waals surface area contributed by atoms with Crippen LogP contribution in [0.15, 0.2) is 18.3 Å². The number of rotatable bonds is 4. The molecular formula is C12H15N3O5. The summed E-state index contributed by atoms with van der Waals surface area (Å²) in [5, 5.41) is 12.8. The molecule has 20 heavy (non-hydrogen) atoms. The van der Waals surface area contributed by atoms with Crippen molar-refractivity contribution < 1.29 is 19.2 Å². The Balaban J connectivity index is 2.78. The van der Waals surface area contributed by atoms with Crippen molar-refractivity contribution >= 4 is 18.1 Å². The lowest BCUT2D eigenvalue weighted by Gasteiger charge is -2.21. The van der Waals surface area contributed by atoms with Crippen LogP contribution in [0, 0.1) is 10.1 Å². The van der Waals surface area contributed by atoms with E-state index in [1.165, 1.54) is 12.1 Å². The molecule has 1 N–H and O–H groups in total. The van der Waals surface area contributed by atoms with E-state index < -0.39 is 22.7 Å². The smallest absolute Gasteiger partial charge is 0.408 e. The van der Waals surface area contributed by atoms with Gasteiger partial charge in [-0.15, -0.1) is 0 Å². The van der Waals surface area contributed by atoms with Crippen LogP contribution in [-0.2, 0) is 9.53 Å². The number of carbonyl (C=O) groups is 2. The Bertz CT molecular complexity index is 507. The molecule has 0 bridgehead atoms. The Hall–Kier alpha value is -2.51. The van der Waals surface area contributed by atoms with E-state index in [-0.39, 0.29) is 11.4 Å². The number of nitrogens with one attached hydrogen (secondary N) is 1. The molecule has 1 amide bonds. The van der Waals surface area contributed by atoms with Crippen molar-refractivity contribution in [1.82, 2.24) is 10.3 Å². The Labute approximate surface area is 115 Å². The Kier molecular flexibility index (Phi) is 4.73. The van der Waals surface area contributed by atoms with Crippen molar-refractivity contribution in [3.63, 3.8) is 0 Å². The molecule has 1 unspecified atom stereocenters. The van der Waals surface area contributed by atoms with E-state index in [0.29, 0.717) is 6.29 Å². The highest BCUT2D eigenvalue weighted by Crippen LogP contribution is 2.14. The monoisotopic (exact) mass is 281 g/mol. The molecule has 0 spiro atoms. The number of hydrogen-bond acceptors (Lipinski definition) is 6. The molecule has 108 valence electrons. The van der Waals surface area contributed by atoms with Gasteiger partial charge < -0.3 is 14.8 Å². The van der Waals surface area contributed by atoms with Crippen LogP contribution >= 0.6 is 0 Å². The number of aldehydes is 1. The van der Waals surface area contributed by atoms with E-state index in [0.717, 1.165) is 6.20 Å². The fraction of sp³-hybridized carbons (Fsp3) is 0.417. The highest BCUT2D eigenvalue weighted by atomic mass is 16.6. The van der Waals surface area contributed by atoms with Crippen molar-refractivity contribution in [2.45, 2.75) is 32.4 Å². The third kappa shape index (κ3) is 4.63. The van der Waals surface area contributed by atoms with E-state index in [1.54, 1.807) is 20.8 Å². The highest BCUT2D eigenvalue weighted by Gasteiger charge is 2.21. The van der Waals surface area contributed by atoms with Gasteiger partial charge in [0.25, 0.3) is 5.69 Å². The average Bonchev–Trinajstić information content (AvgIpc) is 2.34. The summed E-state index contributed by atoms with van der Waals surface area (Å²) in [6, 6.07) is 1.48. The number of ether oxygens (including phenoxy) is 1. The number of aromatic nitrogens is 1. The minimum absolute atomic E-state index is 0.191. The highest BCUT2D eigenvalue weighted by molar-refractivity contribution is 5.74. The van der Waals surface area contributed by atoms with Crippen molar-refractivity contribution in [2.24, 2.45) is 0 Å². The number of hydrogen-bond donors (Lipinski definition) is 1. The molecule has 1 aromatic heterocycles. The first-order valence-corrected chi connectivity index (χ1v) is 5.78. The fourth-order valence-electron chi connectivity index (χ4n) is 1.30. The molecule has 0 radical (unpaired) electrons. The Morgan fingerprint density at radius 3 is 2.55 bits per heavy atom. The third-order valence-corrected chi connectivity index (χ3v) is 2.11. The molecule has 1 rings (SSSR count). The van der Waals surface area contributed by atoms with E-state index >= 15 is 0 Å². The molecule has 0 aliphatic rings. The SMILES string of the molecule is CC(C)(C)OC(=O)NC(C=O)c1ccc([N+](=O)[O-])cn1. The first-order valence-electron chi connectivity index (χ1n) is 5.78. The molecule has 1 heterocycles. The van der Waals surface area contributed by atoms with Gasteiger partial charge in [-0.2, -0.15) is 0 Å². The Morgan fingerprint density at radius 2 is 2.15 bits per heavy atom. The van der Waals surface area contributed by atoms with Crippen LogP contribution in [0.2, 0.25) is 0 Å². The molecule has 0 aliphatic heterocycles. The topological polar surface area (TPSA) is 111 Å². The van der Waals surface area contributed by atoms with Gasteiger partial charge in [0, 0.05) is 6.07 Å². The maximum atomic E-state index is 11.5. The van der Waals surface area contributed by atoms with Gasteiger partial charge in [0.2, 0.25) is 0 Å². The normalized spacial score (nSPS) is 12.3. The lowest BCUT2D eigenvalue weighted by atomic mass is 10.2. The zero-order valence-corrected chi connectivity index (χ0v) is 11.3. The fourth-order valence-corrected chi connectivity index (χ4v) is 1.30. The molecule has 1 atom stereocenters. The standard InChI is InChI=1S/C12H15N3O5/c1-12(2,3)20-11(17)14-10(7-16)9-5-4-8(6-13-9)15(18)19/h4-7,10H,1-3H3,(H,14,17). The summed E-state index contributed by atoms with van der Waals surface area (Å²) in [4.78, 5) is 36.2. The van der Waals surface area contributed by atoms with Gasteiger partial charge >= 0.3 is 6.09 Å². The third-order valence-electron chi connectivity index (χ3n) is 2.11. The van der Waals surface area contributed by atoms with Crippen molar-refractivity contribution in [3.8, 4) is 0 Å². The van der Waals surface area contributed by atoms with Gasteiger partial charge in [-0.25, -0.2) is 4.79 Å². The maximum absolute atomic E-state index is 11.5. The van der Waals surface area contributed by atoms with Gasteiger partial charge in [-0.1, -0.05) is 0 Å². The summed E-state index contributed by atoms with van der Waals surface area (Å²) in [5.41, 5.74) is -0.701. The maximum Gasteiger partial charge on any atom is 0.408 e. The molecule has 0 aliphatic carbocycles. The van der Waals surface area contributed by atoms with Gasteiger partial charge in [0.1, 0.15) is 24.1 Å². The first kappa shape index (κ1) is 15.5. The van der Waals surface area contributed by atoms with E-state index in [9.17, 15) is 19.7 Å². The molecule has 1 aromatic rings. The van der Waals surface area contributed by atoms with Gasteiger partial charge in [-0.05, 0) is 26.8 Å². The van der Waals surface area contributed by atoms with Crippen molar-refractivity contribution in [1.29, 1.82) is 0 Å². The number of nitro groups is 1. The zero-order valence-electron chi connectivity index (χ0n) is 11.3. The number of pyridine rings is 1.